The Hall–Kier alpha value is -2.90. The average Bonchev–Trinajstić information content (AvgIpc) is 3.67. The Kier molecular flexibility index (Phi) is 5.65. The lowest BCUT2D eigenvalue weighted by Crippen LogP contribution is -2.43. The molecule has 182 valence electrons. The summed E-state index contributed by atoms with van der Waals surface area (Å²) in [7, 11) is 1.41. The lowest BCUT2D eigenvalue weighted by molar-refractivity contribution is -0.149. The second-order valence-corrected chi connectivity index (χ2v) is 11.1. The second-order valence-electron chi connectivity index (χ2n) is 11.1. The number of carbonyl (C=O) groups excluding carboxylic acids is 2. The third kappa shape index (κ3) is 4.55. The molecule has 1 unspecified atom stereocenters. The minimum atomic E-state index is -0.567. The quantitative estimate of drug-likeness (QED) is 0.551. The van der Waals surface area contributed by atoms with Gasteiger partial charge in [-0.3, -0.25) is 4.79 Å². The van der Waals surface area contributed by atoms with Gasteiger partial charge in [-0.05, 0) is 58.4 Å². The molecule has 0 radical (unpaired) electrons. The van der Waals surface area contributed by atoms with E-state index in [0.717, 1.165) is 19.3 Å². The minimum Gasteiger partial charge on any atom is -0.469 e. The molecule has 8 nitrogen and oxygen atoms in total. The van der Waals surface area contributed by atoms with Crippen LogP contribution >= 0.6 is 0 Å². The van der Waals surface area contributed by atoms with E-state index in [2.05, 4.69) is 17.3 Å². The normalized spacial score (nSPS) is 26.8. The van der Waals surface area contributed by atoms with Gasteiger partial charge in [-0.1, -0.05) is 35.5 Å². The first-order chi connectivity index (χ1) is 16.2. The summed E-state index contributed by atoms with van der Waals surface area (Å²) in [6, 6.07) is 10.4. The highest BCUT2D eigenvalue weighted by Gasteiger charge is 2.55. The Balaban J connectivity index is 1.30. The molecule has 0 spiro atoms. The van der Waals surface area contributed by atoms with Crippen molar-refractivity contribution >= 4 is 12.1 Å². The summed E-state index contributed by atoms with van der Waals surface area (Å²) in [5.41, 5.74) is 0.384. The van der Waals surface area contributed by atoms with Gasteiger partial charge in [0.2, 0.25) is 5.89 Å². The molecule has 0 bridgehead atoms. The molecule has 2 aromatic rings. The van der Waals surface area contributed by atoms with Crippen molar-refractivity contribution in [3.8, 4) is 0 Å². The molecule has 0 aliphatic heterocycles. The zero-order valence-corrected chi connectivity index (χ0v) is 20.3. The van der Waals surface area contributed by atoms with Gasteiger partial charge in [0.05, 0.1) is 18.4 Å². The van der Waals surface area contributed by atoms with Gasteiger partial charge in [-0.2, -0.15) is 4.98 Å². The fraction of sp³-hybridized carbons (Fsp3) is 0.615. The number of aromatic nitrogens is 2. The van der Waals surface area contributed by atoms with Crippen LogP contribution in [0.5, 0.6) is 0 Å². The molecule has 3 saturated carbocycles. The molecular formula is C26H33N3O5. The van der Waals surface area contributed by atoms with Crippen molar-refractivity contribution in [2.45, 2.75) is 81.8 Å². The van der Waals surface area contributed by atoms with E-state index >= 15 is 0 Å². The SMILES string of the molecule is COC(=O)C1CC(c2nc(C3(CN(C(=O)OC(C)(C)C)C4C[C@@H]4c4ccccc4)CC3)no2)C1. The Bertz CT molecular complexity index is 1050. The van der Waals surface area contributed by atoms with Crippen LogP contribution in [0.15, 0.2) is 34.9 Å². The summed E-state index contributed by atoms with van der Waals surface area (Å²) in [4.78, 5) is 31.5. The van der Waals surface area contributed by atoms with Crippen LogP contribution in [0.3, 0.4) is 0 Å². The van der Waals surface area contributed by atoms with Crippen molar-refractivity contribution in [3.05, 3.63) is 47.6 Å². The molecular weight excluding hydrogens is 434 g/mol. The summed E-state index contributed by atoms with van der Waals surface area (Å²) in [5, 5.41) is 4.31. The van der Waals surface area contributed by atoms with Crippen LogP contribution in [0.1, 0.15) is 82.0 Å². The number of methoxy groups -OCH3 is 1. The maximum absolute atomic E-state index is 13.2. The summed E-state index contributed by atoms with van der Waals surface area (Å²) in [6.07, 6.45) is 3.80. The Morgan fingerprint density at radius 1 is 1.15 bits per heavy atom. The van der Waals surface area contributed by atoms with Gasteiger partial charge in [-0.15, -0.1) is 0 Å². The monoisotopic (exact) mass is 467 g/mol. The highest BCUT2D eigenvalue weighted by molar-refractivity contribution is 5.73. The summed E-state index contributed by atoms with van der Waals surface area (Å²) in [6.45, 7) is 6.19. The molecule has 2 atom stereocenters. The van der Waals surface area contributed by atoms with Crippen molar-refractivity contribution in [2.24, 2.45) is 5.92 Å². The van der Waals surface area contributed by atoms with Gasteiger partial charge in [-0.25, -0.2) is 4.79 Å². The number of carbonyl (C=O) groups is 2. The number of ether oxygens (including phenoxy) is 2. The van der Waals surface area contributed by atoms with E-state index in [0.29, 0.717) is 37.0 Å². The molecule has 3 aliphatic rings. The molecule has 0 saturated heterocycles. The van der Waals surface area contributed by atoms with Gasteiger partial charge in [0.1, 0.15) is 5.60 Å². The zero-order chi connectivity index (χ0) is 24.1. The zero-order valence-electron chi connectivity index (χ0n) is 20.3. The number of hydrogen-bond donors (Lipinski definition) is 0. The molecule has 1 aromatic heterocycles. The average molecular weight is 468 g/mol. The van der Waals surface area contributed by atoms with Crippen molar-refractivity contribution < 1.29 is 23.6 Å². The van der Waals surface area contributed by atoms with Crippen molar-refractivity contribution in [1.82, 2.24) is 15.0 Å². The summed E-state index contributed by atoms with van der Waals surface area (Å²) in [5.74, 6) is 1.38. The van der Waals surface area contributed by atoms with E-state index in [1.54, 1.807) is 0 Å². The smallest absolute Gasteiger partial charge is 0.410 e. The van der Waals surface area contributed by atoms with Crippen LogP contribution in [-0.2, 0) is 19.7 Å². The molecule has 1 aromatic carbocycles. The van der Waals surface area contributed by atoms with Crippen molar-refractivity contribution in [1.29, 1.82) is 0 Å². The van der Waals surface area contributed by atoms with Gasteiger partial charge in [0.15, 0.2) is 5.82 Å². The third-order valence-electron chi connectivity index (χ3n) is 7.28. The van der Waals surface area contributed by atoms with Crippen LogP contribution in [-0.4, -0.2) is 52.4 Å². The summed E-state index contributed by atoms with van der Waals surface area (Å²) >= 11 is 0. The number of hydrogen-bond acceptors (Lipinski definition) is 7. The van der Waals surface area contributed by atoms with Gasteiger partial charge in [0.25, 0.3) is 0 Å². The topological polar surface area (TPSA) is 94.8 Å². The molecule has 1 amide bonds. The lowest BCUT2D eigenvalue weighted by atomic mass is 9.75. The number of esters is 1. The van der Waals surface area contributed by atoms with Gasteiger partial charge < -0.3 is 18.9 Å². The predicted octanol–water partition coefficient (Wildman–Crippen LogP) is 4.56. The van der Waals surface area contributed by atoms with E-state index in [1.165, 1.54) is 12.7 Å². The van der Waals surface area contributed by atoms with Gasteiger partial charge in [0, 0.05) is 24.4 Å². The number of nitrogens with zero attached hydrogens (tertiary/aromatic N) is 3. The third-order valence-corrected chi connectivity index (χ3v) is 7.28. The highest BCUT2D eigenvalue weighted by Crippen LogP contribution is 2.52. The van der Waals surface area contributed by atoms with E-state index in [1.807, 2.05) is 43.9 Å². The van der Waals surface area contributed by atoms with Gasteiger partial charge >= 0.3 is 12.1 Å². The summed E-state index contributed by atoms with van der Waals surface area (Å²) < 4.78 is 16.2. The molecule has 8 heteroatoms. The standard InChI is InChI=1S/C26H33N3O5/c1-25(2,3)33-24(31)29(20-14-19(20)16-8-6-5-7-9-16)15-26(10-11-26)23-27-21(34-28-23)17-12-18(13-17)22(30)32-4/h5-9,17-20H,10-15H2,1-4H3/t17?,18?,19-,20?/m1/s1. The van der Waals surface area contributed by atoms with Crippen LogP contribution in [0, 0.1) is 5.92 Å². The molecule has 34 heavy (non-hydrogen) atoms. The Morgan fingerprint density at radius 2 is 1.85 bits per heavy atom. The van der Waals surface area contributed by atoms with E-state index in [9.17, 15) is 9.59 Å². The maximum Gasteiger partial charge on any atom is 0.410 e. The number of rotatable bonds is 7. The fourth-order valence-corrected chi connectivity index (χ4v) is 4.95. The minimum absolute atomic E-state index is 0.0901. The molecule has 5 rings (SSSR count). The first-order valence-corrected chi connectivity index (χ1v) is 12.2. The lowest BCUT2D eigenvalue weighted by Gasteiger charge is -2.30. The number of amides is 1. The molecule has 0 N–H and O–H groups in total. The Morgan fingerprint density at radius 3 is 2.47 bits per heavy atom. The fourth-order valence-electron chi connectivity index (χ4n) is 4.95. The van der Waals surface area contributed by atoms with Crippen molar-refractivity contribution in [3.63, 3.8) is 0 Å². The first kappa shape index (κ1) is 22.9. The van der Waals surface area contributed by atoms with E-state index in [4.69, 9.17) is 19.0 Å². The largest absolute Gasteiger partial charge is 0.469 e. The van der Waals surface area contributed by atoms with Crippen LogP contribution < -0.4 is 0 Å². The number of benzene rings is 1. The molecule has 3 aliphatic carbocycles. The molecule has 3 fully saturated rings. The van der Waals surface area contributed by atoms with E-state index in [-0.39, 0.29) is 35.4 Å². The maximum atomic E-state index is 13.2. The van der Waals surface area contributed by atoms with Crippen LogP contribution in [0.2, 0.25) is 0 Å². The Labute approximate surface area is 200 Å². The second kappa shape index (κ2) is 8.40. The molecule has 1 heterocycles. The predicted molar refractivity (Wildman–Crippen MR) is 123 cm³/mol. The van der Waals surface area contributed by atoms with Crippen LogP contribution in [0.25, 0.3) is 0 Å². The highest BCUT2D eigenvalue weighted by atomic mass is 16.6. The van der Waals surface area contributed by atoms with Crippen molar-refractivity contribution in [2.75, 3.05) is 13.7 Å². The van der Waals surface area contributed by atoms with E-state index < -0.39 is 5.60 Å². The van der Waals surface area contributed by atoms with Crippen LogP contribution in [0.4, 0.5) is 4.79 Å². The first-order valence-electron chi connectivity index (χ1n) is 12.2.